The first-order valence-electron chi connectivity index (χ1n) is 4.73. The maximum Gasteiger partial charge on any atom is 0.00936 e. The van der Waals surface area contributed by atoms with Crippen molar-refractivity contribution in [2.45, 2.75) is 50.5 Å². The van der Waals surface area contributed by atoms with Crippen molar-refractivity contribution in [1.29, 1.82) is 0 Å². The lowest BCUT2D eigenvalue weighted by molar-refractivity contribution is 0.176. The second kappa shape index (κ2) is 2.42. The van der Waals surface area contributed by atoms with Crippen LogP contribution in [0.1, 0.15) is 40.0 Å². The molecule has 1 aliphatic carbocycles. The van der Waals surface area contributed by atoms with Gasteiger partial charge >= 0.3 is 0 Å². The Labute approximate surface area is 74.1 Å². The van der Waals surface area contributed by atoms with Crippen molar-refractivity contribution in [2.24, 2.45) is 11.3 Å². The van der Waals surface area contributed by atoms with Crippen LogP contribution in [-0.4, -0.2) is 10.5 Å². The van der Waals surface area contributed by atoms with E-state index in [1.165, 1.54) is 19.3 Å². The van der Waals surface area contributed by atoms with Crippen molar-refractivity contribution >= 4 is 11.8 Å². The Bertz CT molecular complexity index is 148. The molecule has 0 aromatic heterocycles. The Morgan fingerprint density at radius 3 is 2.09 bits per heavy atom. The van der Waals surface area contributed by atoms with E-state index in [-0.39, 0.29) is 0 Å². The topological polar surface area (TPSA) is 0 Å². The second-order valence-electron chi connectivity index (χ2n) is 5.08. The van der Waals surface area contributed by atoms with E-state index in [1.54, 1.807) is 0 Å². The van der Waals surface area contributed by atoms with E-state index in [0.29, 0.717) is 5.41 Å². The Morgan fingerprint density at radius 2 is 1.82 bits per heavy atom. The summed E-state index contributed by atoms with van der Waals surface area (Å²) in [7, 11) is 0. The lowest BCUT2D eigenvalue weighted by Crippen LogP contribution is -2.44. The fraction of sp³-hybridized carbons (Fsp3) is 1.00. The molecular formula is C10H18S. The van der Waals surface area contributed by atoms with E-state index in [0.717, 1.165) is 16.4 Å². The first kappa shape index (κ1) is 7.97. The van der Waals surface area contributed by atoms with Crippen molar-refractivity contribution in [3.05, 3.63) is 0 Å². The van der Waals surface area contributed by atoms with Crippen molar-refractivity contribution in [1.82, 2.24) is 0 Å². The summed E-state index contributed by atoms with van der Waals surface area (Å²) >= 11 is 2.25. The van der Waals surface area contributed by atoms with Crippen LogP contribution in [0.15, 0.2) is 0 Å². The Balaban J connectivity index is 2.03. The molecule has 2 bridgehead atoms. The van der Waals surface area contributed by atoms with Crippen LogP contribution in [-0.2, 0) is 0 Å². The molecule has 0 aromatic rings. The third-order valence-electron chi connectivity index (χ3n) is 3.22. The smallest absolute Gasteiger partial charge is 0.00936 e. The van der Waals surface area contributed by atoms with E-state index in [2.05, 4.69) is 32.5 Å². The zero-order valence-electron chi connectivity index (χ0n) is 7.76. The lowest BCUT2D eigenvalue weighted by atomic mass is 9.71. The molecule has 3 atom stereocenters. The molecule has 0 N–H and O–H groups in total. The molecule has 0 radical (unpaired) electrons. The van der Waals surface area contributed by atoms with E-state index in [1.807, 2.05) is 0 Å². The van der Waals surface area contributed by atoms with Crippen molar-refractivity contribution in [3.63, 3.8) is 0 Å². The van der Waals surface area contributed by atoms with Gasteiger partial charge in [0.05, 0.1) is 0 Å². The quantitative estimate of drug-likeness (QED) is 0.537. The zero-order valence-corrected chi connectivity index (χ0v) is 8.58. The van der Waals surface area contributed by atoms with Gasteiger partial charge in [0.25, 0.3) is 0 Å². The fourth-order valence-electron chi connectivity index (χ4n) is 2.48. The van der Waals surface area contributed by atoms with Crippen molar-refractivity contribution in [2.75, 3.05) is 0 Å². The molecule has 3 fully saturated rings. The Morgan fingerprint density at radius 1 is 1.18 bits per heavy atom. The van der Waals surface area contributed by atoms with Crippen LogP contribution in [0.5, 0.6) is 0 Å². The molecule has 2 aliphatic heterocycles. The molecule has 11 heavy (non-hydrogen) atoms. The monoisotopic (exact) mass is 170 g/mol. The molecule has 0 spiro atoms. The van der Waals surface area contributed by atoms with Crippen LogP contribution in [0.4, 0.5) is 0 Å². The Kier molecular flexibility index (Phi) is 1.75. The highest BCUT2D eigenvalue weighted by Gasteiger charge is 2.44. The van der Waals surface area contributed by atoms with Crippen molar-refractivity contribution < 1.29 is 0 Å². The highest BCUT2D eigenvalue weighted by molar-refractivity contribution is 8.01. The maximum absolute atomic E-state index is 2.40. The van der Waals surface area contributed by atoms with Gasteiger partial charge in [-0.05, 0) is 30.6 Å². The molecular weight excluding hydrogens is 152 g/mol. The van der Waals surface area contributed by atoms with Gasteiger partial charge in [-0.3, -0.25) is 0 Å². The highest BCUT2D eigenvalue weighted by atomic mass is 32.2. The number of thioether (sulfide) groups is 1. The van der Waals surface area contributed by atoms with Crippen LogP contribution in [0.3, 0.4) is 0 Å². The summed E-state index contributed by atoms with van der Waals surface area (Å²) < 4.78 is 0. The van der Waals surface area contributed by atoms with E-state index < -0.39 is 0 Å². The lowest BCUT2D eigenvalue weighted by Gasteiger charge is -2.50. The maximum atomic E-state index is 2.40. The molecule has 0 amide bonds. The van der Waals surface area contributed by atoms with Crippen LogP contribution in [0.25, 0.3) is 0 Å². The summed E-state index contributed by atoms with van der Waals surface area (Å²) in [5, 5.41) is 2.08. The van der Waals surface area contributed by atoms with Crippen LogP contribution in [0, 0.1) is 11.3 Å². The second-order valence-corrected chi connectivity index (χ2v) is 6.63. The highest BCUT2D eigenvalue weighted by Crippen LogP contribution is 2.54. The van der Waals surface area contributed by atoms with Gasteiger partial charge in [-0.1, -0.05) is 20.8 Å². The van der Waals surface area contributed by atoms with Gasteiger partial charge in [-0.2, -0.15) is 11.8 Å². The van der Waals surface area contributed by atoms with E-state index in [4.69, 9.17) is 0 Å². The van der Waals surface area contributed by atoms with Gasteiger partial charge in [0.1, 0.15) is 0 Å². The number of fused-ring (bicyclic) bond motifs is 2. The number of hydrogen-bond donors (Lipinski definition) is 0. The molecule has 2 saturated heterocycles. The molecule has 3 aliphatic rings. The first-order valence-corrected chi connectivity index (χ1v) is 5.67. The normalized spacial score (nSPS) is 43.4. The van der Waals surface area contributed by atoms with Gasteiger partial charge in [-0.25, -0.2) is 0 Å². The van der Waals surface area contributed by atoms with Gasteiger partial charge in [0, 0.05) is 10.5 Å². The van der Waals surface area contributed by atoms with E-state index >= 15 is 0 Å². The molecule has 3 unspecified atom stereocenters. The predicted octanol–water partition coefficient (Wildman–Crippen LogP) is 3.32. The third-order valence-corrected chi connectivity index (χ3v) is 4.91. The summed E-state index contributed by atoms with van der Waals surface area (Å²) in [6.45, 7) is 7.20. The molecule has 1 saturated carbocycles. The number of rotatable bonds is 0. The van der Waals surface area contributed by atoms with Crippen molar-refractivity contribution in [3.8, 4) is 0 Å². The largest absolute Gasteiger partial charge is 0.155 e. The summed E-state index contributed by atoms with van der Waals surface area (Å²) in [6, 6.07) is 0. The molecule has 0 aromatic carbocycles. The standard InChI is InChI=1S/C10H18S/c1-10(2,3)8-5-4-7-6-9(8)11-7/h7-9H,4-6H2,1-3H3. The van der Waals surface area contributed by atoms with Crippen LogP contribution < -0.4 is 0 Å². The minimum absolute atomic E-state index is 0.559. The minimum Gasteiger partial charge on any atom is -0.155 e. The molecule has 2 heterocycles. The minimum atomic E-state index is 0.559. The summed E-state index contributed by atoms with van der Waals surface area (Å²) in [5.41, 5.74) is 0.559. The average Bonchev–Trinajstić information content (AvgIpc) is 1.84. The Hall–Kier alpha value is 0.350. The van der Waals surface area contributed by atoms with E-state index in [9.17, 15) is 0 Å². The van der Waals surface area contributed by atoms with Gasteiger partial charge in [0.15, 0.2) is 0 Å². The predicted molar refractivity (Wildman–Crippen MR) is 52.0 cm³/mol. The van der Waals surface area contributed by atoms with Gasteiger partial charge in [-0.15, -0.1) is 0 Å². The average molecular weight is 170 g/mol. The first-order chi connectivity index (χ1) is 5.07. The van der Waals surface area contributed by atoms with Gasteiger partial charge < -0.3 is 0 Å². The molecule has 64 valence electrons. The summed E-state index contributed by atoms with van der Waals surface area (Å²) in [4.78, 5) is 0. The SMILES string of the molecule is CC(C)(C)C1CCC2CC1S2. The van der Waals surface area contributed by atoms with Crippen LogP contribution >= 0.6 is 11.8 Å². The summed E-state index contributed by atoms with van der Waals surface area (Å²) in [5.74, 6) is 0.998. The zero-order chi connectivity index (χ0) is 8.06. The van der Waals surface area contributed by atoms with Crippen LogP contribution in [0.2, 0.25) is 0 Å². The number of hydrogen-bond acceptors (Lipinski definition) is 1. The molecule has 1 heteroatoms. The molecule has 3 rings (SSSR count). The fourth-order valence-corrected chi connectivity index (χ4v) is 4.29. The van der Waals surface area contributed by atoms with Gasteiger partial charge in [0.2, 0.25) is 0 Å². The summed E-state index contributed by atoms with van der Waals surface area (Å²) in [6.07, 6.45) is 4.50. The third kappa shape index (κ3) is 1.32. The molecule has 0 nitrogen and oxygen atoms in total.